The molecule has 0 aliphatic heterocycles. The molecule has 20 heavy (non-hydrogen) atoms. The lowest BCUT2D eigenvalue weighted by atomic mass is 10.0. The topological polar surface area (TPSA) is 63.8 Å². The number of nitrogens with one attached hydrogen (secondary N) is 1. The van der Waals surface area contributed by atoms with Crippen molar-refractivity contribution in [1.82, 2.24) is 15.0 Å². The molecule has 108 valence electrons. The van der Waals surface area contributed by atoms with Crippen LogP contribution in [-0.4, -0.2) is 9.59 Å². The van der Waals surface area contributed by atoms with Crippen molar-refractivity contribution in [2.45, 2.75) is 32.2 Å². The highest BCUT2D eigenvalue weighted by molar-refractivity contribution is 9.10. The molecule has 2 aromatic rings. The van der Waals surface area contributed by atoms with E-state index in [1.54, 1.807) is 6.07 Å². The lowest BCUT2D eigenvalue weighted by Crippen LogP contribution is -2.29. The molecule has 0 fully saturated rings. The normalized spacial score (nSPS) is 12.6. The van der Waals surface area contributed by atoms with Crippen LogP contribution in [0.5, 0.6) is 0 Å². The molecule has 0 spiro atoms. The Balaban J connectivity index is 2.24. The highest BCUT2D eigenvalue weighted by Gasteiger charge is 2.19. The summed E-state index contributed by atoms with van der Waals surface area (Å²) in [7, 11) is 0. The fourth-order valence-corrected chi connectivity index (χ4v) is 3.20. The standard InChI is InChI=1S/C13H16BrFN4S/c1-2-3-11-13(20-19-18-11)12(17-16)7-8-6-9(15)4-5-10(8)14/h4-6,12,17H,2-3,7,16H2,1H3. The zero-order valence-corrected chi connectivity index (χ0v) is 13.5. The first kappa shape index (κ1) is 15.5. The summed E-state index contributed by atoms with van der Waals surface area (Å²) in [6.07, 6.45) is 2.45. The second kappa shape index (κ2) is 7.21. The van der Waals surface area contributed by atoms with Crippen molar-refractivity contribution < 1.29 is 4.39 Å². The van der Waals surface area contributed by atoms with Gasteiger partial charge in [-0.25, -0.2) is 4.39 Å². The third kappa shape index (κ3) is 3.60. The summed E-state index contributed by atoms with van der Waals surface area (Å²) in [5.74, 6) is 5.40. The number of rotatable bonds is 6. The molecule has 0 aliphatic rings. The van der Waals surface area contributed by atoms with Gasteiger partial charge in [-0.2, -0.15) is 0 Å². The molecule has 0 saturated heterocycles. The molecule has 0 radical (unpaired) electrons. The van der Waals surface area contributed by atoms with Crippen LogP contribution >= 0.6 is 27.5 Å². The van der Waals surface area contributed by atoms with Crippen LogP contribution in [0.25, 0.3) is 0 Å². The van der Waals surface area contributed by atoms with E-state index in [2.05, 4.69) is 37.9 Å². The maximum atomic E-state index is 13.3. The first-order valence-electron chi connectivity index (χ1n) is 6.36. The molecular weight excluding hydrogens is 343 g/mol. The molecule has 1 aromatic carbocycles. The van der Waals surface area contributed by atoms with E-state index in [1.165, 1.54) is 23.7 Å². The molecular formula is C13H16BrFN4S. The van der Waals surface area contributed by atoms with Gasteiger partial charge in [0.15, 0.2) is 0 Å². The number of halogens is 2. The van der Waals surface area contributed by atoms with Crippen molar-refractivity contribution in [1.29, 1.82) is 0 Å². The summed E-state index contributed by atoms with van der Waals surface area (Å²) in [5, 5.41) is 4.14. The van der Waals surface area contributed by atoms with Gasteiger partial charge in [-0.05, 0) is 48.1 Å². The summed E-state index contributed by atoms with van der Waals surface area (Å²) in [6, 6.07) is 4.53. The number of aromatic nitrogens is 2. The van der Waals surface area contributed by atoms with Gasteiger partial charge < -0.3 is 0 Å². The van der Waals surface area contributed by atoms with Gasteiger partial charge in [0.1, 0.15) is 5.82 Å². The monoisotopic (exact) mass is 358 g/mol. The van der Waals surface area contributed by atoms with Gasteiger partial charge in [-0.15, -0.1) is 5.10 Å². The quantitative estimate of drug-likeness (QED) is 0.614. The van der Waals surface area contributed by atoms with E-state index in [-0.39, 0.29) is 11.9 Å². The van der Waals surface area contributed by atoms with E-state index in [4.69, 9.17) is 5.84 Å². The first-order valence-corrected chi connectivity index (χ1v) is 7.93. The summed E-state index contributed by atoms with van der Waals surface area (Å²) in [6.45, 7) is 2.09. The van der Waals surface area contributed by atoms with Gasteiger partial charge in [0.05, 0.1) is 16.6 Å². The molecule has 7 heteroatoms. The van der Waals surface area contributed by atoms with Gasteiger partial charge in [0.2, 0.25) is 0 Å². The molecule has 1 heterocycles. The number of benzene rings is 1. The molecule has 0 saturated carbocycles. The first-order chi connectivity index (χ1) is 9.65. The fourth-order valence-electron chi connectivity index (χ4n) is 2.04. The summed E-state index contributed by atoms with van der Waals surface area (Å²) in [4.78, 5) is 1.02. The van der Waals surface area contributed by atoms with Gasteiger partial charge in [-0.1, -0.05) is 33.8 Å². The summed E-state index contributed by atoms with van der Waals surface area (Å²) >= 11 is 4.78. The van der Waals surface area contributed by atoms with Crippen LogP contribution in [0.15, 0.2) is 22.7 Å². The Hall–Kier alpha value is -0.890. The van der Waals surface area contributed by atoms with Gasteiger partial charge in [0, 0.05) is 4.47 Å². The van der Waals surface area contributed by atoms with Crippen LogP contribution in [0.4, 0.5) is 4.39 Å². The van der Waals surface area contributed by atoms with Crippen molar-refractivity contribution in [3.63, 3.8) is 0 Å². The highest BCUT2D eigenvalue weighted by Crippen LogP contribution is 2.28. The number of aryl methyl sites for hydroxylation is 1. The second-order valence-electron chi connectivity index (χ2n) is 4.49. The van der Waals surface area contributed by atoms with E-state index in [9.17, 15) is 4.39 Å². The fraction of sp³-hybridized carbons (Fsp3) is 0.385. The SMILES string of the molecule is CCCc1nnsc1C(Cc1cc(F)ccc1Br)NN. The lowest BCUT2D eigenvalue weighted by molar-refractivity contribution is 0.549. The highest BCUT2D eigenvalue weighted by atomic mass is 79.9. The average molecular weight is 359 g/mol. The lowest BCUT2D eigenvalue weighted by Gasteiger charge is -2.16. The van der Waals surface area contributed by atoms with Crippen LogP contribution in [-0.2, 0) is 12.8 Å². The van der Waals surface area contributed by atoms with Crippen molar-refractivity contribution in [3.8, 4) is 0 Å². The van der Waals surface area contributed by atoms with E-state index >= 15 is 0 Å². The van der Waals surface area contributed by atoms with Crippen LogP contribution in [0.2, 0.25) is 0 Å². The van der Waals surface area contributed by atoms with Crippen LogP contribution < -0.4 is 11.3 Å². The predicted octanol–water partition coefficient (Wildman–Crippen LogP) is 3.14. The smallest absolute Gasteiger partial charge is 0.123 e. The molecule has 3 N–H and O–H groups in total. The van der Waals surface area contributed by atoms with E-state index in [0.29, 0.717) is 6.42 Å². The zero-order chi connectivity index (χ0) is 14.5. The third-order valence-corrected chi connectivity index (χ3v) is 4.68. The molecule has 4 nitrogen and oxygen atoms in total. The van der Waals surface area contributed by atoms with Crippen molar-refractivity contribution in [3.05, 3.63) is 44.6 Å². The molecule has 0 bridgehead atoms. The minimum Gasteiger partial charge on any atom is -0.271 e. The van der Waals surface area contributed by atoms with Crippen molar-refractivity contribution in [2.24, 2.45) is 5.84 Å². The second-order valence-corrected chi connectivity index (χ2v) is 6.13. The molecule has 1 unspecified atom stereocenters. The van der Waals surface area contributed by atoms with Crippen LogP contribution in [0, 0.1) is 5.82 Å². The zero-order valence-electron chi connectivity index (χ0n) is 11.1. The summed E-state index contributed by atoms with van der Waals surface area (Å²) in [5.41, 5.74) is 4.62. The third-order valence-electron chi connectivity index (χ3n) is 3.02. The average Bonchev–Trinajstić information content (AvgIpc) is 2.88. The van der Waals surface area contributed by atoms with Crippen LogP contribution in [0.1, 0.15) is 35.5 Å². The Labute approximate surface area is 129 Å². The number of hydrogen-bond donors (Lipinski definition) is 2. The Morgan fingerprint density at radius 3 is 3.00 bits per heavy atom. The number of nitrogens with zero attached hydrogens (tertiary/aromatic N) is 2. The van der Waals surface area contributed by atoms with Crippen molar-refractivity contribution in [2.75, 3.05) is 0 Å². The Bertz CT molecular complexity index is 575. The Morgan fingerprint density at radius 2 is 2.30 bits per heavy atom. The maximum absolute atomic E-state index is 13.3. The van der Waals surface area contributed by atoms with Crippen LogP contribution in [0.3, 0.4) is 0 Å². The Kier molecular flexibility index (Phi) is 5.59. The number of nitrogens with two attached hydrogens (primary N) is 1. The van der Waals surface area contributed by atoms with E-state index in [0.717, 1.165) is 33.4 Å². The number of hydrogen-bond acceptors (Lipinski definition) is 5. The molecule has 1 aromatic heterocycles. The Morgan fingerprint density at radius 1 is 1.50 bits per heavy atom. The minimum atomic E-state index is -0.254. The van der Waals surface area contributed by atoms with Gasteiger partial charge >= 0.3 is 0 Å². The molecule has 1 atom stereocenters. The largest absolute Gasteiger partial charge is 0.271 e. The molecule has 0 amide bonds. The van der Waals surface area contributed by atoms with E-state index in [1.807, 2.05) is 0 Å². The summed E-state index contributed by atoms with van der Waals surface area (Å²) < 4.78 is 18.2. The van der Waals surface area contributed by atoms with Gasteiger partial charge in [0.25, 0.3) is 0 Å². The van der Waals surface area contributed by atoms with E-state index < -0.39 is 0 Å². The van der Waals surface area contributed by atoms with Crippen molar-refractivity contribution >= 4 is 27.5 Å². The van der Waals surface area contributed by atoms with Gasteiger partial charge in [-0.3, -0.25) is 11.3 Å². The number of hydrazine groups is 1. The maximum Gasteiger partial charge on any atom is 0.123 e. The molecule has 0 aliphatic carbocycles. The predicted molar refractivity (Wildman–Crippen MR) is 81.8 cm³/mol. The molecule has 2 rings (SSSR count). The minimum absolute atomic E-state index is 0.116.